The van der Waals surface area contributed by atoms with Gasteiger partial charge in [-0.2, -0.15) is 0 Å². The molecule has 0 aromatic heterocycles. The largest absolute Gasteiger partial charge is 0.494 e. The highest BCUT2D eigenvalue weighted by Crippen LogP contribution is 2.31. The van der Waals surface area contributed by atoms with E-state index in [0.717, 1.165) is 4.47 Å². The first-order chi connectivity index (χ1) is 18.3. The second-order valence-electron chi connectivity index (χ2n) is 7.99. The molecular formula is C28H28BrN3O6. The number of urea groups is 1. The van der Waals surface area contributed by atoms with Crippen molar-refractivity contribution in [1.82, 2.24) is 0 Å². The average molecular weight is 582 g/mol. The van der Waals surface area contributed by atoms with Crippen LogP contribution in [0.1, 0.15) is 23.2 Å². The first kappa shape index (κ1) is 28.3. The summed E-state index contributed by atoms with van der Waals surface area (Å²) in [5, 5.41) is 14.6. The van der Waals surface area contributed by atoms with Gasteiger partial charge in [-0.25, -0.2) is 9.59 Å². The fourth-order valence-corrected chi connectivity index (χ4v) is 3.88. The van der Waals surface area contributed by atoms with Crippen molar-refractivity contribution in [3.63, 3.8) is 0 Å². The molecule has 38 heavy (non-hydrogen) atoms. The third-order valence-electron chi connectivity index (χ3n) is 5.42. The Labute approximate surface area is 229 Å². The molecular weight excluding hydrogens is 554 g/mol. The van der Waals surface area contributed by atoms with E-state index in [1.807, 2.05) is 18.2 Å². The predicted molar refractivity (Wildman–Crippen MR) is 150 cm³/mol. The topological polar surface area (TPSA) is 117 Å². The van der Waals surface area contributed by atoms with Crippen LogP contribution in [-0.4, -0.2) is 43.3 Å². The predicted octanol–water partition coefficient (Wildman–Crippen LogP) is 6.18. The van der Waals surface area contributed by atoms with Crippen LogP contribution < -0.4 is 25.0 Å². The summed E-state index contributed by atoms with van der Waals surface area (Å²) in [5.74, 6) is -0.296. The van der Waals surface area contributed by atoms with Gasteiger partial charge in [-0.3, -0.25) is 4.79 Å². The molecule has 0 radical (unpaired) electrons. The van der Waals surface area contributed by atoms with E-state index < -0.39 is 12.0 Å². The third kappa shape index (κ3) is 7.84. The molecule has 198 valence electrons. The Balaban J connectivity index is 1.73. The number of hydrogen-bond donors (Lipinski definition) is 3. The number of aromatic carboxylic acids is 1. The van der Waals surface area contributed by atoms with Crippen LogP contribution in [0.2, 0.25) is 0 Å². The van der Waals surface area contributed by atoms with Gasteiger partial charge in [0.15, 0.2) is 0 Å². The fraction of sp³-hybridized carbons (Fsp3) is 0.179. The number of nitrogens with one attached hydrogen (secondary N) is 2. The maximum absolute atomic E-state index is 13.0. The Morgan fingerprint density at radius 2 is 1.74 bits per heavy atom. The van der Waals surface area contributed by atoms with Crippen molar-refractivity contribution in [1.29, 1.82) is 0 Å². The van der Waals surface area contributed by atoms with Crippen molar-refractivity contribution in [3.8, 4) is 11.5 Å². The number of ether oxygens (including phenoxy) is 2. The molecule has 9 nitrogen and oxygen atoms in total. The first-order valence-electron chi connectivity index (χ1n) is 11.7. The van der Waals surface area contributed by atoms with Crippen LogP contribution in [0.5, 0.6) is 11.5 Å². The summed E-state index contributed by atoms with van der Waals surface area (Å²) in [6, 6.07) is 17.9. The summed E-state index contributed by atoms with van der Waals surface area (Å²) in [4.78, 5) is 38.2. The second kappa shape index (κ2) is 13.8. The SMILES string of the molecule is C=CCCC(=O)N(CCOc1ccc(C(=O)O)cc1)c1ccc(NC(=O)Nc2ccccc2Br)c(OC)c1. The minimum atomic E-state index is -1.02. The minimum absolute atomic E-state index is 0.135. The number of rotatable bonds is 12. The first-order valence-corrected chi connectivity index (χ1v) is 12.5. The lowest BCUT2D eigenvalue weighted by atomic mass is 10.2. The molecule has 0 aliphatic rings. The van der Waals surface area contributed by atoms with Crippen molar-refractivity contribution in [2.75, 3.05) is 35.8 Å². The van der Waals surface area contributed by atoms with Crippen LogP contribution >= 0.6 is 15.9 Å². The van der Waals surface area contributed by atoms with Gasteiger partial charge in [-0.15, -0.1) is 6.58 Å². The van der Waals surface area contributed by atoms with Gasteiger partial charge in [0.2, 0.25) is 5.91 Å². The molecule has 0 saturated carbocycles. The number of carbonyl (C=O) groups excluding carboxylic acids is 2. The summed E-state index contributed by atoms with van der Waals surface area (Å²) in [6.07, 6.45) is 2.44. The van der Waals surface area contributed by atoms with Crippen LogP contribution in [0, 0.1) is 0 Å². The van der Waals surface area contributed by atoms with Gasteiger partial charge in [-0.1, -0.05) is 18.2 Å². The molecule has 0 spiro atoms. The number of hydrogen-bond acceptors (Lipinski definition) is 5. The smallest absolute Gasteiger partial charge is 0.335 e. The molecule has 0 unspecified atom stereocenters. The number of carboxylic acids is 1. The lowest BCUT2D eigenvalue weighted by molar-refractivity contribution is -0.118. The molecule has 0 heterocycles. The molecule has 10 heteroatoms. The van der Waals surface area contributed by atoms with E-state index in [4.69, 9.17) is 14.6 Å². The van der Waals surface area contributed by atoms with Crippen LogP contribution in [0.25, 0.3) is 0 Å². The van der Waals surface area contributed by atoms with E-state index in [2.05, 4.69) is 33.1 Å². The van der Waals surface area contributed by atoms with Gasteiger partial charge >= 0.3 is 12.0 Å². The molecule has 0 atom stereocenters. The van der Waals surface area contributed by atoms with Gasteiger partial charge < -0.3 is 30.1 Å². The molecule has 3 aromatic carbocycles. The number of carbonyl (C=O) groups is 3. The van der Waals surface area contributed by atoms with E-state index >= 15 is 0 Å². The number of halogens is 1. The van der Waals surface area contributed by atoms with E-state index in [0.29, 0.717) is 35.0 Å². The Bertz CT molecular complexity index is 1300. The van der Waals surface area contributed by atoms with Gasteiger partial charge in [0.25, 0.3) is 0 Å². The van der Waals surface area contributed by atoms with Gasteiger partial charge in [0.1, 0.15) is 18.1 Å². The summed E-state index contributed by atoms with van der Waals surface area (Å²) in [7, 11) is 1.48. The maximum atomic E-state index is 13.0. The lowest BCUT2D eigenvalue weighted by Gasteiger charge is -2.24. The summed E-state index contributed by atoms with van der Waals surface area (Å²) < 4.78 is 12.0. The molecule has 3 N–H and O–H groups in total. The molecule has 3 aromatic rings. The van der Waals surface area contributed by atoms with Crippen molar-refractivity contribution in [2.24, 2.45) is 0 Å². The Morgan fingerprint density at radius 1 is 1.03 bits per heavy atom. The fourth-order valence-electron chi connectivity index (χ4n) is 3.50. The quantitative estimate of drug-likeness (QED) is 0.220. The molecule has 0 bridgehead atoms. The molecule has 0 aliphatic carbocycles. The van der Waals surface area contributed by atoms with Gasteiger partial charge in [-0.05, 0) is 70.9 Å². The zero-order valence-electron chi connectivity index (χ0n) is 20.8. The van der Waals surface area contributed by atoms with Crippen LogP contribution in [-0.2, 0) is 4.79 Å². The summed E-state index contributed by atoms with van der Waals surface area (Å²) >= 11 is 3.39. The number of benzene rings is 3. The van der Waals surface area contributed by atoms with Gasteiger partial charge in [0.05, 0.1) is 30.6 Å². The van der Waals surface area contributed by atoms with E-state index in [1.165, 1.54) is 19.2 Å². The molecule has 0 aliphatic heterocycles. The normalized spacial score (nSPS) is 10.3. The average Bonchev–Trinajstić information content (AvgIpc) is 2.91. The monoisotopic (exact) mass is 581 g/mol. The highest BCUT2D eigenvalue weighted by atomic mass is 79.9. The zero-order valence-corrected chi connectivity index (χ0v) is 22.4. The molecule has 3 amide bonds. The molecule has 0 fully saturated rings. The van der Waals surface area contributed by atoms with Crippen LogP contribution in [0.4, 0.5) is 21.9 Å². The van der Waals surface area contributed by atoms with Crippen LogP contribution in [0.3, 0.4) is 0 Å². The Morgan fingerprint density at radius 3 is 2.39 bits per heavy atom. The number of allylic oxidation sites excluding steroid dienone is 1. The number of anilines is 3. The Kier molecular flexibility index (Phi) is 10.3. The third-order valence-corrected chi connectivity index (χ3v) is 6.11. The summed E-state index contributed by atoms with van der Waals surface area (Å²) in [5.41, 5.74) is 1.76. The number of amides is 3. The van der Waals surface area contributed by atoms with Crippen LogP contribution in [0.15, 0.2) is 83.9 Å². The lowest BCUT2D eigenvalue weighted by Crippen LogP contribution is -2.34. The van der Waals surface area contributed by atoms with Crippen molar-refractivity contribution < 1.29 is 29.0 Å². The van der Waals surface area contributed by atoms with E-state index in [-0.39, 0.29) is 31.0 Å². The Hall–Kier alpha value is -4.31. The highest BCUT2D eigenvalue weighted by Gasteiger charge is 2.18. The van der Waals surface area contributed by atoms with Crippen molar-refractivity contribution in [3.05, 3.63) is 89.4 Å². The van der Waals surface area contributed by atoms with Crippen molar-refractivity contribution in [2.45, 2.75) is 12.8 Å². The minimum Gasteiger partial charge on any atom is -0.494 e. The molecule has 0 saturated heterocycles. The number of nitrogens with zero attached hydrogens (tertiary/aromatic N) is 1. The zero-order chi connectivity index (χ0) is 27.5. The molecule has 3 rings (SSSR count). The number of para-hydroxylation sites is 1. The summed E-state index contributed by atoms with van der Waals surface area (Å²) in [6.45, 7) is 4.08. The van der Waals surface area contributed by atoms with E-state index in [1.54, 1.807) is 47.4 Å². The number of methoxy groups -OCH3 is 1. The number of carboxylic acid groups (broad SMARTS) is 1. The van der Waals surface area contributed by atoms with Crippen molar-refractivity contribution >= 4 is 50.9 Å². The second-order valence-corrected chi connectivity index (χ2v) is 8.85. The highest BCUT2D eigenvalue weighted by molar-refractivity contribution is 9.10. The maximum Gasteiger partial charge on any atom is 0.335 e. The van der Waals surface area contributed by atoms with E-state index in [9.17, 15) is 14.4 Å². The van der Waals surface area contributed by atoms with Gasteiger partial charge in [0, 0.05) is 22.6 Å². The standard InChI is InChI=1S/C28H28BrN3O6/c1-3-4-9-26(33)32(16-17-38-21-13-10-19(11-14-21)27(34)35)20-12-15-24(25(18-20)37-2)31-28(36)30-23-8-6-5-7-22(23)29/h3,5-8,10-15,18H,1,4,9,16-17H2,2H3,(H,34,35)(H2,30,31,36).